The minimum atomic E-state index is 0.566. The summed E-state index contributed by atoms with van der Waals surface area (Å²) in [6.07, 6.45) is 3.69. The zero-order valence-electron chi connectivity index (χ0n) is 10.1. The minimum absolute atomic E-state index is 0.566. The van der Waals surface area contributed by atoms with Crippen LogP contribution in [0.25, 0.3) is 22.4 Å². The number of aromatic nitrogens is 5. The first-order chi connectivity index (χ1) is 9.72. The number of nitrogens with one attached hydrogen (secondary N) is 1. The van der Waals surface area contributed by atoms with Gasteiger partial charge in [-0.05, 0) is 30.4 Å². The van der Waals surface area contributed by atoms with E-state index in [1.165, 1.54) is 0 Å². The van der Waals surface area contributed by atoms with Gasteiger partial charge in [-0.2, -0.15) is 10.2 Å². The second-order valence-corrected chi connectivity index (χ2v) is 5.21. The van der Waals surface area contributed by atoms with Gasteiger partial charge in [-0.1, -0.05) is 23.7 Å². The maximum atomic E-state index is 5.90. The fourth-order valence-electron chi connectivity index (χ4n) is 2.19. The third-order valence-corrected chi connectivity index (χ3v) is 3.71. The molecule has 0 radical (unpaired) electrons. The first-order valence-electron chi connectivity index (χ1n) is 5.93. The van der Waals surface area contributed by atoms with Crippen molar-refractivity contribution in [2.75, 3.05) is 0 Å². The molecule has 4 rings (SSSR count). The zero-order valence-corrected chi connectivity index (χ0v) is 11.7. The number of benzene rings is 1. The van der Waals surface area contributed by atoms with Crippen LogP contribution in [0.5, 0.6) is 0 Å². The summed E-state index contributed by atoms with van der Waals surface area (Å²) in [5.41, 5.74) is 3.52. The number of fused-ring (bicyclic) bond motifs is 3. The quantitative estimate of drug-likeness (QED) is 0.548. The van der Waals surface area contributed by atoms with Crippen molar-refractivity contribution in [3.63, 3.8) is 0 Å². The molecule has 0 spiro atoms. The molecule has 0 aliphatic rings. The van der Waals surface area contributed by atoms with E-state index in [1.807, 2.05) is 47.1 Å². The number of H-pyrrole nitrogens is 1. The van der Waals surface area contributed by atoms with Gasteiger partial charge in [0, 0.05) is 23.0 Å². The van der Waals surface area contributed by atoms with E-state index in [-0.39, 0.29) is 0 Å². The summed E-state index contributed by atoms with van der Waals surface area (Å²) in [7, 11) is 0. The Morgan fingerprint density at radius 3 is 2.75 bits per heavy atom. The molecular formula is C13H8ClN5S. The molecule has 98 valence electrons. The highest BCUT2D eigenvalue weighted by molar-refractivity contribution is 7.71. The van der Waals surface area contributed by atoms with E-state index in [2.05, 4.69) is 15.3 Å². The van der Waals surface area contributed by atoms with E-state index >= 15 is 0 Å². The van der Waals surface area contributed by atoms with Crippen molar-refractivity contribution < 1.29 is 0 Å². The fraction of sp³-hybridized carbons (Fsp3) is 0. The van der Waals surface area contributed by atoms with Gasteiger partial charge in [0.1, 0.15) is 5.52 Å². The van der Waals surface area contributed by atoms with Crippen LogP contribution in [0.3, 0.4) is 0 Å². The maximum Gasteiger partial charge on any atom is 0.199 e. The first kappa shape index (κ1) is 11.6. The van der Waals surface area contributed by atoms with Crippen LogP contribution in [-0.2, 0) is 0 Å². The number of nitrogens with zero attached hydrogens (tertiary/aromatic N) is 4. The predicted molar refractivity (Wildman–Crippen MR) is 79.6 cm³/mol. The molecule has 3 aromatic heterocycles. The summed E-state index contributed by atoms with van der Waals surface area (Å²) in [6, 6.07) is 9.56. The average Bonchev–Trinajstić information content (AvgIpc) is 3.03. The second kappa shape index (κ2) is 4.16. The molecule has 0 saturated heterocycles. The monoisotopic (exact) mass is 301 g/mol. The molecule has 0 bridgehead atoms. The van der Waals surface area contributed by atoms with Gasteiger partial charge in [-0.3, -0.25) is 9.50 Å². The third-order valence-electron chi connectivity index (χ3n) is 3.17. The Labute approximate surface area is 123 Å². The van der Waals surface area contributed by atoms with Crippen LogP contribution in [-0.4, -0.2) is 24.2 Å². The van der Waals surface area contributed by atoms with Crippen molar-refractivity contribution in [1.29, 1.82) is 0 Å². The number of rotatable bonds is 1. The van der Waals surface area contributed by atoms with Crippen LogP contribution in [0.15, 0.2) is 42.7 Å². The Kier molecular flexibility index (Phi) is 2.42. The molecular weight excluding hydrogens is 294 g/mol. The van der Waals surface area contributed by atoms with Crippen LogP contribution >= 0.6 is 23.8 Å². The van der Waals surface area contributed by atoms with Crippen molar-refractivity contribution >= 4 is 35.0 Å². The summed E-state index contributed by atoms with van der Waals surface area (Å²) in [5, 5.41) is 12.3. The van der Waals surface area contributed by atoms with E-state index in [4.69, 9.17) is 23.8 Å². The molecule has 7 heteroatoms. The van der Waals surface area contributed by atoms with E-state index in [0.29, 0.717) is 9.79 Å². The fourth-order valence-corrected chi connectivity index (χ4v) is 2.51. The Balaban J connectivity index is 2.00. The van der Waals surface area contributed by atoms with Gasteiger partial charge in [-0.15, -0.1) is 0 Å². The number of hydrogen-bond acceptors (Lipinski definition) is 3. The number of hydrogen-bond donors (Lipinski definition) is 1. The Morgan fingerprint density at radius 2 is 1.95 bits per heavy atom. The van der Waals surface area contributed by atoms with Crippen molar-refractivity contribution in [3.05, 3.63) is 52.5 Å². The zero-order chi connectivity index (χ0) is 13.7. The van der Waals surface area contributed by atoms with Gasteiger partial charge >= 0.3 is 0 Å². The summed E-state index contributed by atoms with van der Waals surface area (Å²) in [4.78, 5) is 0. The molecule has 0 aliphatic heterocycles. The highest BCUT2D eigenvalue weighted by Crippen LogP contribution is 2.23. The molecule has 0 unspecified atom stereocenters. The lowest BCUT2D eigenvalue weighted by Crippen LogP contribution is -1.92. The maximum absolute atomic E-state index is 5.90. The summed E-state index contributed by atoms with van der Waals surface area (Å²) in [6.45, 7) is 0. The minimum Gasteiger partial charge on any atom is -0.272 e. The lowest BCUT2D eigenvalue weighted by atomic mass is 10.1. The van der Waals surface area contributed by atoms with Crippen molar-refractivity contribution in [1.82, 2.24) is 24.2 Å². The van der Waals surface area contributed by atoms with Crippen LogP contribution < -0.4 is 0 Å². The Bertz CT molecular complexity index is 980. The molecule has 0 saturated carbocycles. The molecule has 3 heterocycles. The first-order valence-corrected chi connectivity index (χ1v) is 6.72. The largest absolute Gasteiger partial charge is 0.272 e. The molecule has 1 N–H and O–H groups in total. The molecule has 1 aromatic carbocycles. The smallest absolute Gasteiger partial charge is 0.199 e. The highest BCUT2D eigenvalue weighted by atomic mass is 35.5. The van der Waals surface area contributed by atoms with Gasteiger partial charge in [0.15, 0.2) is 10.4 Å². The molecule has 5 nitrogen and oxygen atoms in total. The van der Waals surface area contributed by atoms with Crippen LogP contribution in [0.2, 0.25) is 5.02 Å². The average molecular weight is 302 g/mol. The summed E-state index contributed by atoms with van der Waals surface area (Å²) >= 11 is 11.1. The summed E-state index contributed by atoms with van der Waals surface area (Å²) < 4.78 is 4.17. The molecule has 4 aromatic rings. The SMILES string of the molecule is S=c1[nH]nc2c3cc(-c4ccc(Cl)cc4)nn3ccn12. The standard InChI is InChI=1S/C13H8ClN5S/c14-9-3-1-8(2-4-9)10-7-11-12-15-16-13(20)18(12)5-6-19(11)17-10/h1-7H,(H,16,20). The molecule has 0 amide bonds. The third kappa shape index (κ3) is 1.65. The van der Waals surface area contributed by atoms with E-state index in [0.717, 1.165) is 22.4 Å². The van der Waals surface area contributed by atoms with Crippen molar-refractivity contribution in [2.24, 2.45) is 0 Å². The lowest BCUT2D eigenvalue weighted by molar-refractivity contribution is 0.942. The normalized spacial score (nSPS) is 11.4. The van der Waals surface area contributed by atoms with Gasteiger partial charge < -0.3 is 0 Å². The van der Waals surface area contributed by atoms with E-state index in [1.54, 1.807) is 4.52 Å². The van der Waals surface area contributed by atoms with Crippen molar-refractivity contribution in [3.8, 4) is 11.3 Å². The molecule has 0 fully saturated rings. The topological polar surface area (TPSA) is 50.4 Å². The van der Waals surface area contributed by atoms with Crippen LogP contribution in [0.1, 0.15) is 0 Å². The molecule has 0 atom stereocenters. The Morgan fingerprint density at radius 1 is 1.15 bits per heavy atom. The number of halogens is 1. The Hall–Kier alpha value is -2.18. The van der Waals surface area contributed by atoms with Crippen LogP contribution in [0, 0.1) is 4.77 Å². The lowest BCUT2D eigenvalue weighted by Gasteiger charge is -1.95. The molecule has 20 heavy (non-hydrogen) atoms. The number of aromatic amines is 1. The predicted octanol–water partition coefficient (Wildman–Crippen LogP) is 3.36. The van der Waals surface area contributed by atoms with Crippen molar-refractivity contribution in [2.45, 2.75) is 0 Å². The van der Waals surface area contributed by atoms with Gasteiger partial charge in [0.05, 0.1) is 5.69 Å². The van der Waals surface area contributed by atoms with Gasteiger partial charge in [0.2, 0.25) is 0 Å². The summed E-state index contributed by atoms with van der Waals surface area (Å²) in [5.74, 6) is 0. The highest BCUT2D eigenvalue weighted by Gasteiger charge is 2.09. The van der Waals surface area contributed by atoms with Gasteiger partial charge in [0.25, 0.3) is 0 Å². The van der Waals surface area contributed by atoms with Gasteiger partial charge in [-0.25, -0.2) is 4.52 Å². The molecule has 0 aliphatic carbocycles. The second-order valence-electron chi connectivity index (χ2n) is 4.39. The van der Waals surface area contributed by atoms with E-state index < -0.39 is 0 Å². The van der Waals surface area contributed by atoms with Crippen LogP contribution in [0.4, 0.5) is 0 Å². The van der Waals surface area contributed by atoms with E-state index in [9.17, 15) is 0 Å².